The van der Waals surface area contributed by atoms with E-state index in [9.17, 15) is 14.4 Å². The van der Waals surface area contributed by atoms with Gasteiger partial charge in [-0.3, -0.25) is 14.4 Å². The van der Waals surface area contributed by atoms with Gasteiger partial charge in [0, 0.05) is 19.3 Å². The third kappa shape index (κ3) is 63.6. The maximum atomic E-state index is 12.8. The summed E-state index contributed by atoms with van der Waals surface area (Å²) in [6.07, 6.45) is 85.6. The molecule has 0 bridgehead atoms. The molecule has 0 heterocycles. The topological polar surface area (TPSA) is 78.9 Å². The maximum absolute atomic E-state index is 12.8. The normalized spacial score (nSPS) is 12.5. The molecule has 0 aliphatic rings. The maximum Gasteiger partial charge on any atom is 0.306 e. The molecule has 1 atom stereocenters. The van der Waals surface area contributed by atoms with Crippen molar-refractivity contribution in [1.82, 2.24) is 0 Å². The summed E-state index contributed by atoms with van der Waals surface area (Å²) in [4.78, 5) is 37.9. The van der Waals surface area contributed by atoms with E-state index in [-0.39, 0.29) is 31.1 Å². The van der Waals surface area contributed by atoms with Crippen molar-refractivity contribution >= 4 is 17.9 Å². The Balaban J connectivity index is 3.95. The number of unbranched alkanes of at least 4 members (excludes halogenated alkanes) is 38. The van der Waals surface area contributed by atoms with Gasteiger partial charge < -0.3 is 14.2 Å². The number of carbonyl (C=O) groups is 3. The van der Waals surface area contributed by atoms with Crippen molar-refractivity contribution in [3.05, 3.63) is 72.9 Å². The molecule has 0 saturated carbocycles. The lowest BCUT2D eigenvalue weighted by Crippen LogP contribution is -2.30. The highest BCUT2D eigenvalue weighted by molar-refractivity contribution is 5.71. The zero-order chi connectivity index (χ0) is 55.7. The first-order valence-corrected chi connectivity index (χ1v) is 33.4. The molecular weight excluding hydrogens is 949 g/mol. The van der Waals surface area contributed by atoms with Crippen molar-refractivity contribution in [2.24, 2.45) is 0 Å². The van der Waals surface area contributed by atoms with E-state index in [0.717, 1.165) is 116 Å². The van der Waals surface area contributed by atoms with Gasteiger partial charge in [0.15, 0.2) is 6.10 Å². The molecule has 0 radical (unpaired) electrons. The molecule has 0 aromatic heterocycles. The Hall–Kier alpha value is -3.15. The Labute approximate surface area is 478 Å². The molecule has 0 aliphatic carbocycles. The zero-order valence-corrected chi connectivity index (χ0v) is 51.2. The van der Waals surface area contributed by atoms with Crippen LogP contribution in [0.4, 0.5) is 0 Å². The zero-order valence-electron chi connectivity index (χ0n) is 51.2. The molecular formula is C71H126O6. The summed E-state index contributed by atoms with van der Waals surface area (Å²) in [5.41, 5.74) is 0. The Morgan fingerprint density at radius 1 is 0.273 bits per heavy atom. The van der Waals surface area contributed by atoms with Crippen LogP contribution >= 0.6 is 0 Å². The first-order valence-electron chi connectivity index (χ1n) is 33.4. The molecule has 6 heteroatoms. The second kappa shape index (κ2) is 65.4. The summed E-state index contributed by atoms with van der Waals surface area (Å²) in [5, 5.41) is 0. The average Bonchev–Trinajstić information content (AvgIpc) is 3.43. The number of hydrogen-bond acceptors (Lipinski definition) is 6. The Morgan fingerprint density at radius 3 is 0.805 bits per heavy atom. The lowest BCUT2D eigenvalue weighted by molar-refractivity contribution is -0.167. The van der Waals surface area contributed by atoms with Gasteiger partial charge in [0.2, 0.25) is 0 Å². The molecule has 0 aromatic rings. The monoisotopic (exact) mass is 1070 g/mol. The smallest absolute Gasteiger partial charge is 0.306 e. The molecule has 0 fully saturated rings. The molecule has 0 saturated heterocycles. The van der Waals surface area contributed by atoms with Crippen molar-refractivity contribution in [2.75, 3.05) is 13.2 Å². The number of rotatable bonds is 61. The molecule has 0 spiro atoms. The van der Waals surface area contributed by atoms with Gasteiger partial charge in [-0.2, -0.15) is 0 Å². The minimum Gasteiger partial charge on any atom is -0.462 e. The van der Waals surface area contributed by atoms with Crippen molar-refractivity contribution in [1.29, 1.82) is 0 Å². The standard InChI is InChI=1S/C71H126O6/c1-4-7-10-13-15-17-19-21-23-25-27-29-30-31-32-33-34-35-36-37-38-39-40-42-43-45-47-49-51-53-55-58-61-64-70(73)76-67-68(66-75-69(72)63-60-57-12-9-6-3)77-71(74)65-62-59-56-54-52-50-48-46-44-41-28-26-24-22-20-18-16-14-11-8-5-2/h8,11,16,18,22,24-25,27-28,41,46,48,68H,4-7,9-10,12-15,17,19-21,23,26,29-40,42-45,47,49-67H2,1-3H3/b11-8-,18-16-,24-22-,27-25-,41-28-,48-46-. The van der Waals surface area contributed by atoms with Gasteiger partial charge in [-0.25, -0.2) is 0 Å². The summed E-state index contributed by atoms with van der Waals surface area (Å²) in [6.45, 7) is 6.46. The van der Waals surface area contributed by atoms with Gasteiger partial charge in [0.25, 0.3) is 0 Å². The molecule has 0 N–H and O–H groups in total. The molecule has 0 amide bonds. The van der Waals surface area contributed by atoms with Crippen LogP contribution in [0.5, 0.6) is 0 Å². The quantitative estimate of drug-likeness (QED) is 0.0261. The van der Waals surface area contributed by atoms with E-state index in [1.54, 1.807) is 0 Å². The fraction of sp³-hybridized carbons (Fsp3) is 0.789. The summed E-state index contributed by atoms with van der Waals surface area (Å²) < 4.78 is 16.8. The first-order chi connectivity index (χ1) is 38.0. The van der Waals surface area contributed by atoms with Crippen molar-refractivity contribution in [2.45, 2.75) is 348 Å². The van der Waals surface area contributed by atoms with Crippen molar-refractivity contribution in [3.63, 3.8) is 0 Å². The molecule has 0 aromatic carbocycles. The van der Waals surface area contributed by atoms with Crippen LogP contribution in [0.2, 0.25) is 0 Å². The van der Waals surface area contributed by atoms with Gasteiger partial charge in [-0.05, 0) is 89.9 Å². The first kappa shape index (κ1) is 73.8. The minimum atomic E-state index is -0.782. The number of allylic oxidation sites excluding steroid dienone is 12. The summed E-state index contributed by atoms with van der Waals surface area (Å²) >= 11 is 0. The summed E-state index contributed by atoms with van der Waals surface area (Å²) in [5.74, 6) is -0.901. The highest BCUT2D eigenvalue weighted by Gasteiger charge is 2.19. The van der Waals surface area contributed by atoms with Crippen LogP contribution in [0.15, 0.2) is 72.9 Å². The molecule has 446 valence electrons. The largest absolute Gasteiger partial charge is 0.462 e. The minimum absolute atomic E-state index is 0.0809. The van der Waals surface area contributed by atoms with Crippen LogP contribution in [0.1, 0.15) is 342 Å². The van der Waals surface area contributed by atoms with E-state index < -0.39 is 6.10 Å². The predicted octanol–water partition coefficient (Wildman–Crippen LogP) is 22.9. The Morgan fingerprint density at radius 2 is 0.506 bits per heavy atom. The SMILES string of the molecule is CC/C=C\C/C=C\C/C=C\C/C=C\C/C=C\CCCCCCCC(=O)OC(COC(=O)CCCCCCC)COC(=O)CCCCCCCCCCCCCCCCCCCCCCC/C=C\CCCCCCCCCC. The average molecular weight is 1080 g/mol. The van der Waals surface area contributed by atoms with Gasteiger partial charge in [0.1, 0.15) is 13.2 Å². The summed E-state index contributed by atoms with van der Waals surface area (Å²) in [7, 11) is 0. The third-order valence-electron chi connectivity index (χ3n) is 14.7. The fourth-order valence-electron chi connectivity index (χ4n) is 9.70. The molecule has 1 unspecified atom stereocenters. The number of hydrogen-bond donors (Lipinski definition) is 0. The Bertz CT molecular complexity index is 1420. The number of carbonyl (C=O) groups excluding carboxylic acids is 3. The lowest BCUT2D eigenvalue weighted by Gasteiger charge is -2.18. The van der Waals surface area contributed by atoms with Gasteiger partial charge in [-0.1, -0.05) is 306 Å². The van der Waals surface area contributed by atoms with E-state index in [2.05, 4.69) is 93.7 Å². The highest BCUT2D eigenvalue weighted by Crippen LogP contribution is 2.17. The van der Waals surface area contributed by atoms with Gasteiger partial charge in [0.05, 0.1) is 0 Å². The third-order valence-corrected chi connectivity index (χ3v) is 14.7. The summed E-state index contributed by atoms with van der Waals surface area (Å²) in [6, 6.07) is 0. The van der Waals surface area contributed by atoms with E-state index in [1.807, 2.05) is 0 Å². The van der Waals surface area contributed by atoms with Crippen LogP contribution in [0.3, 0.4) is 0 Å². The van der Waals surface area contributed by atoms with Crippen molar-refractivity contribution < 1.29 is 28.6 Å². The molecule has 6 nitrogen and oxygen atoms in total. The van der Waals surface area contributed by atoms with E-state index in [1.165, 1.54) is 186 Å². The highest BCUT2D eigenvalue weighted by atomic mass is 16.6. The molecule has 0 aliphatic heterocycles. The van der Waals surface area contributed by atoms with E-state index in [0.29, 0.717) is 19.3 Å². The second-order valence-electron chi connectivity index (χ2n) is 22.4. The molecule has 77 heavy (non-hydrogen) atoms. The fourth-order valence-corrected chi connectivity index (χ4v) is 9.70. The number of ether oxygens (including phenoxy) is 3. The van der Waals surface area contributed by atoms with Gasteiger partial charge >= 0.3 is 17.9 Å². The van der Waals surface area contributed by atoms with Crippen LogP contribution in [0, 0.1) is 0 Å². The van der Waals surface area contributed by atoms with E-state index in [4.69, 9.17) is 14.2 Å². The number of esters is 3. The van der Waals surface area contributed by atoms with Crippen LogP contribution < -0.4 is 0 Å². The van der Waals surface area contributed by atoms with Crippen LogP contribution in [-0.2, 0) is 28.6 Å². The van der Waals surface area contributed by atoms with Crippen LogP contribution in [0.25, 0.3) is 0 Å². The Kier molecular flexibility index (Phi) is 62.7. The lowest BCUT2D eigenvalue weighted by atomic mass is 10.0. The van der Waals surface area contributed by atoms with E-state index >= 15 is 0 Å². The van der Waals surface area contributed by atoms with Gasteiger partial charge in [-0.15, -0.1) is 0 Å². The molecule has 0 rings (SSSR count). The van der Waals surface area contributed by atoms with Crippen LogP contribution in [-0.4, -0.2) is 37.2 Å². The predicted molar refractivity (Wildman–Crippen MR) is 335 cm³/mol. The second-order valence-corrected chi connectivity index (χ2v) is 22.4. The van der Waals surface area contributed by atoms with Crippen molar-refractivity contribution in [3.8, 4) is 0 Å².